The van der Waals surface area contributed by atoms with E-state index in [4.69, 9.17) is 20.9 Å². The van der Waals surface area contributed by atoms with E-state index in [1.165, 1.54) is 11.9 Å². The Morgan fingerprint density at radius 3 is 2.82 bits per heavy atom. The molecule has 2 unspecified atom stereocenters. The molecule has 1 saturated carbocycles. The number of nitrogens with zero attached hydrogens (tertiary/aromatic N) is 4. The van der Waals surface area contributed by atoms with Gasteiger partial charge < -0.3 is 25.5 Å². The van der Waals surface area contributed by atoms with Gasteiger partial charge in [0.1, 0.15) is 23.9 Å². The number of aryl methyl sites for hydroxylation is 1. The number of anilines is 2. The van der Waals surface area contributed by atoms with Gasteiger partial charge in [0, 0.05) is 17.8 Å². The predicted molar refractivity (Wildman–Crippen MR) is 132 cm³/mol. The highest BCUT2D eigenvalue weighted by Gasteiger charge is 2.54. The molecule has 34 heavy (non-hydrogen) atoms. The number of nitrogen functional groups attached to an aromatic ring is 2. The number of nitrogens with two attached hydrogens (primary N) is 2. The lowest BCUT2D eigenvalue weighted by Gasteiger charge is -2.24. The summed E-state index contributed by atoms with van der Waals surface area (Å²) in [5.41, 5.74) is 15.8. The highest BCUT2D eigenvalue weighted by atomic mass is 16.8. The van der Waals surface area contributed by atoms with Crippen molar-refractivity contribution in [1.82, 2.24) is 19.5 Å². The maximum absolute atomic E-state index is 6.40. The van der Waals surface area contributed by atoms with Gasteiger partial charge >= 0.3 is 0 Å². The maximum atomic E-state index is 6.40. The molecule has 4 atom stereocenters. The molecule has 4 N–H and O–H groups in total. The average molecular weight is 459 g/mol. The molecule has 4 heterocycles. The van der Waals surface area contributed by atoms with Gasteiger partial charge in [-0.2, -0.15) is 0 Å². The van der Waals surface area contributed by atoms with Gasteiger partial charge in [-0.1, -0.05) is 12.1 Å². The van der Waals surface area contributed by atoms with E-state index in [1.807, 2.05) is 38.2 Å². The van der Waals surface area contributed by atoms with Crippen LogP contribution in [0.5, 0.6) is 0 Å². The molecule has 1 aliphatic heterocycles. The molecular weight excluding hydrogens is 428 g/mol. The van der Waals surface area contributed by atoms with E-state index >= 15 is 0 Å². The summed E-state index contributed by atoms with van der Waals surface area (Å²) in [6.45, 7) is 4.00. The van der Waals surface area contributed by atoms with Crippen LogP contribution in [0.25, 0.3) is 21.9 Å². The van der Waals surface area contributed by atoms with Crippen molar-refractivity contribution in [1.29, 1.82) is 0 Å². The molecule has 3 aromatic heterocycles. The monoisotopic (exact) mass is 458 g/mol. The fourth-order valence-electron chi connectivity index (χ4n) is 5.80. The summed E-state index contributed by atoms with van der Waals surface area (Å²) < 4.78 is 15.0. The van der Waals surface area contributed by atoms with E-state index in [2.05, 4.69) is 37.8 Å². The van der Waals surface area contributed by atoms with Crippen LogP contribution in [-0.2, 0) is 15.9 Å². The lowest BCUT2D eigenvalue weighted by Crippen LogP contribution is -2.27. The van der Waals surface area contributed by atoms with Crippen LogP contribution >= 0.6 is 0 Å². The Balaban J connectivity index is 1.21. The molecule has 6 rings (SSSR count). The Morgan fingerprint density at radius 2 is 1.94 bits per heavy atom. The number of benzene rings is 1. The summed E-state index contributed by atoms with van der Waals surface area (Å²) in [4.78, 5) is 13.2. The number of pyridine rings is 1. The van der Waals surface area contributed by atoms with Gasteiger partial charge in [0.25, 0.3) is 0 Å². The van der Waals surface area contributed by atoms with Gasteiger partial charge in [0.2, 0.25) is 0 Å². The van der Waals surface area contributed by atoms with E-state index < -0.39 is 5.79 Å². The van der Waals surface area contributed by atoms with Crippen molar-refractivity contribution in [3.05, 3.63) is 54.6 Å². The third kappa shape index (κ3) is 3.58. The van der Waals surface area contributed by atoms with Gasteiger partial charge in [-0.15, -0.1) is 0 Å². The van der Waals surface area contributed by atoms with Crippen LogP contribution in [0, 0.1) is 5.92 Å². The number of aromatic nitrogens is 4. The van der Waals surface area contributed by atoms with Gasteiger partial charge in [-0.25, -0.2) is 9.97 Å². The third-order valence-electron chi connectivity index (χ3n) is 7.29. The summed E-state index contributed by atoms with van der Waals surface area (Å²) in [5, 5.41) is 1.97. The molecule has 1 saturated heterocycles. The third-order valence-corrected chi connectivity index (χ3v) is 7.29. The second kappa shape index (κ2) is 7.92. The van der Waals surface area contributed by atoms with Crippen molar-refractivity contribution >= 4 is 33.4 Å². The topological polar surface area (TPSA) is 114 Å². The van der Waals surface area contributed by atoms with Crippen molar-refractivity contribution in [2.45, 2.75) is 63.6 Å². The molecule has 1 aromatic carbocycles. The number of ether oxygens (including phenoxy) is 2. The molecule has 176 valence electrons. The predicted octanol–water partition coefficient (Wildman–Crippen LogP) is 4.25. The van der Waals surface area contributed by atoms with Crippen molar-refractivity contribution in [3.8, 4) is 0 Å². The molecule has 8 heteroatoms. The molecule has 1 aliphatic carbocycles. The quantitative estimate of drug-likeness (QED) is 0.430. The molecule has 8 nitrogen and oxygen atoms in total. The van der Waals surface area contributed by atoms with Crippen LogP contribution in [0.15, 0.2) is 49.1 Å². The Kier molecular flexibility index (Phi) is 4.97. The molecule has 2 aliphatic rings. The molecule has 0 bridgehead atoms. The van der Waals surface area contributed by atoms with Crippen LogP contribution < -0.4 is 11.5 Å². The maximum Gasteiger partial charge on any atom is 0.163 e. The standard InChI is InChI=1S/C26H30N6O2/c1-26(2)33-22-17(7-3-5-15-11-16-6-4-8-19(27)21(16)29-13-15)12-20(23(22)34-26)32-10-9-18-24(28)30-14-31-25(18)32/h4,6,8-11,13-14,17,20,22-23H,3,5,7,12,27H2,1-2H3,(H2,28,30,31)/t17?,20?,22-,23+/m1/s1. The minimum Gasteiger partial charge on any atom is -0.397 e. The Labute approximate surface area is 198 Å². The Morgan fingerprint density at radius 1 is 1.09 bits per heavy atom. The van der Waals surface area contributed by atoms with Crippen LogP contribution in [-0.4, -0.2) is 37.5 Å². The fourth-order valence-corrected chi connectivity index (χ4v) is 5.80. The smallest absolute Gasteiger partial charge is 0.163 e. The lowest BCUT2D eigenvalue weighted by atomic mass is 9.96. The molecule has 0 spiro atoms. The number of para-hydroxylation sites is 1. The molecule has 0 radical (unpaired) electrons. The summed E-state index contributed by atoms with van der Waals surface area (Å²) in [7, 11) is 0. The summed E-state index contributed by atoms with van der Waals surface area (Å²) in [6, 6.07) is 10.3. The minimum absolute atomic E-state index is 0.0166. The zero-order valence-electron chi connectivity index (χ0n) is 19.5. The first-order valence-corrected chi connectivity index (χ1v) is 12.0. The van der Waals surface area contributed by atoms with E-state index in [0.29, 0.717) is 11.7 Å². The minimum atomic E-state index is -0.592. The molecule has 0 amide bonds. The normalized spacial score (nSPS) is 25.8. The largest absolute Gasteiger partial charge is 0.397 e. The highest BCUT2D eigenvalue weighted by molar-refractivity contribution is 5.89. The highest BCUT2D eigenvalue weighted by Crippen LogP contribution is 2.49. The first-order chi connectivity index (χ1) is 16.4. The zero-order chi connectivity index (χ0) is 23.4. The number of fused-ring (bicyclic) bond motifs is 3. The molecule has 2 fully saturated rings. The van der Waals surface area contributed by atoms with E-state index in [1.54, 1.807) is 0 Å². The Bertz CT molecular complexity index is 1370. The van der Waals surface area contributed by atoms with Gasteiger partial charge in [-0.3, -0.25) is 4.98 Å². The van der Waals surface area contributed by atoms with E-state index in [0.717, 1.165) is 53.3 Å². The van der Waals surface area contributed by atoms with Gasteiger partial charge in [0.15, 0.2) is 5.79 Å². The van der Waals surface area contributed by atoms with E-state index in [-0.39, 0.29) is 18.2 Å². The van der Waals surface area contributed by atoms with Gasteiger partial charge in [0.05, 0.1) is 28.7 Å². The van der Waals surface area contributed by atoms with Crippen molar-refractivity contribution < 1.29 is 9.47 Å². The molecule has 4 aromatic rings. The zero-order valence-corrected chi connectivity index (χ0v) is 19.5. The number of hydrogen-bond donors (Lipinski definition) is 2. The van der Waals surface area contributed by atoms with Crippen LogP contribution in [0.2, 0.25) is 0 Å². The second-order valence-electron chi connectivity index (χ2n) is 10.0. The summed E-state index contributed by atoms with van der Waals surface area (Å²) in [6.07, 6.45) is 9.64. The first kappa shape index (κ1) is 21.3. The summed E-state index contributed by atoms with van der Waals surface area (Å²) in [5.74, 6) is 0.313. The second-order valence-corrected chi connectivity index (χ2v) is 10.0. The van der Waals surface area contributed by atoms with Crippen LogP contribution in [0.1, 0.15) is 44.7 Å². The fraction of sp³-hybridized carbons (Fsp3) is 0.423. The number of hydrogen-bond acceptors (Lipinski definition) is 7. The average Bonchev–Trinajstić information content (AvgIpc) is 3.46. The molecular formula is C26H30N6O2. The number of rotatable bonds is 5. The van der Waals surface area contributed by atoms with Gasteiger partial charge in [-0.05, 0) is 69.2 Å². The first-order valence-electron chi connectivity index (χ1n) is 12.0. The van der Waals surface area contributed by atoms with Crippen molar-refractivity contribution in [3.63, 3.8) is 0 Å². The van der Waals surface area contributed by atoms with Crippen LogP contribution in [0.4, 0.5) is 11.5 Å². The lowest BCUT2D eigenvalue weighted by molar-refractivity contribution is -0.160. The van der Waals surface area contributed by atoms with Crippen molar-refractivity contribution in [2.75, 3.05) is 11.5 Å². The Hall–Kier alpha value is -3.23. The van der Waals surface area contributed by atoms with Crippen molar-refractivity contribution in [2.24, 2.45) is 5.92 Å². The van der Waals surface area contributed by atoms with Crippen LogP contribution in [0.3, 0.4) is 0 Å². The SMILES string of the molecule is CC1(C)O[C@@H]2C(CCCc3cnc4c(N)cccc4c3)CC(n3ccc4c(N)ncnc43)[C@@H]2O1. The summed E-state index contributed by atoms with van der Waals surface area (Å²) >= 11 is 0. The van der Waals surface area contributed by atoms with E-state index in [9.17, 15) is 0 Å².